The summed E-state index contributed by atoms with van der Waals surface area (Å²) in [5.41, 5.74) is 3.76. The second-order valence-corrected chi connectivity index (χ2v) is 6.60. The molecule has 4 aromatic rings. The number of H-pyrrole nitrogens is 2. The molecule has 0 spiro atoms. The smallest absolute Gasteiger partial charge is 0.270 e. The molecule has 0 saturated carbocycles. The molecule has 4 rings (SSSR count). The lowest BCUT2D eigenvalue weighted by molar-refractivity contribution is 0.0747. The molecule has 0 unspecified atom stereocenters. The number of aromatic amines is 2. The van der Waals surface area contributed by atoms with Gasteiger partial charge in [-0.1, -0.05) is 41.9 Å². The Kier molecular flexibility index (Phi) is 4.64. The molecule has 0 saturated heterocycles. The Morgan fingerprint density at radius 3 is 2.74 bits per heavy atom. The van der Waals surface area contributed by atoms with Crippen molar-refractivity contribution in [2.24, 2.45) is 0 Å². The molecule has 3 heterocycles. The van der Waals surface area contributed by atoms with Crippen LogP contribution in [0.3, 0.4) is 0 Å². The van der Waals surface area contributed by atoms with Gasteiger partial charge in [0.2, 0.25) is 0 Å². The second-order valence-electron chi connectivity index (χ2n) is 6.19. The summed E-state index contributed by atoms with van der Waals surface area (Å²) < 4.78 is 0. The summed E-state index contributed by atoms with van der Waals surface area (Å²) in [6, 6.07) is 11.8. The highest BCUT2D eigenvalue weighted by molar-refractivity contribution is 6.36. The average Bonchev–Trinajstić information content (AvgIpc) is 3.34. The van der Waals surface area contributed by atoms with Crippen LogP contribution >= 0.6 is 11.6 Å². The summed E-state index contributed by atoms with van der Waals surface area (Å²) in [6.07, 6.45) is 4.93. The first-order chi connectivity index (χ1) is 13.2. The first-order valence-electron chi connectivity index (χ1n) is 8.67. The number of hydrogen-bond acceptors (Lipinski definition) is 3. The van der Waals surface area contributed by atoms with Gasteiger partial charge in [-0.05, 0) is 18.6 Å². The number of rotatable bonds is 5. The average molecular weight is 380 g/mol. The van der Waals surface area contributed by atoms with Crippen LogP contribution in [-0.2, 0) is 6.54 Å². The Morgan fingerprint density at radius 2 is 1.96 bits per heavy atom. The molecule has 0 radical (unpaired) electrons. The van der Waals surface area contributed by atoms with E-state index >= 15 is 0 Å². The standard InChI is InChI=1S/C20H18ClN5O/c1-2-26(11-13-6-4-3-5-7-13)20(27)16-8-14(9-22-16)18-17-15(21)10-23-19(17)25-12-24-18/h3-10,12,22H,2,11H2,1H3,(H,23,24,25). The van der Waals surface area contributed by atoms with Gasteiger partial charge >= 0.3 is 0 Å². The van der Waals surface area contributed by atoms with E-state index in [-0.39, 0.29) is 5.91 Å². The molecule has 0 aliphatic heterocycles. The van der Waals surface area contributed by atoms with E-state index in [1.165, 1.54) is 6.33 Å². The minimum atomic E-state index is -0.0573. The maximum absolute atomic E-state index is 12.9. The summed E-state index contributed by atoms with van der Waals surface area (Å²) in [6.45, 7) is 3.15. The molecule has 1 amide bonds. The fraction of sp³-hybridized carbons (Fsp3) is 0.150. The monoisotopic (exact) mass is 379 g/mol. The van der Waals surface area contributed by atoms with Crippen LogP contribution in [0.4, 0.5) is 0 Å². The van der Waals surface area contributed by atoms with Crippen molar-refractivity contribution in [2.45, 2.75) is 13.5 Å². The van der Waals surface area contributed by atoms with Crippen molar-refractivity contribution >= 4 is 28.5 Å². The molecule has 0 aliphatic carbocycles. The predicted molar refractivity (Wildman–Crippen MR) is 106 cm³/mol. The molecule has 0 atom stereocenters. The van der Waals surface area contributed by atoms with Crippen molar-refractivity contribution in [1.29, 1.82) is 0 Å². The third-order valence-electron chi connectivity index (χ3n) is 4.49. The number of carbonyl (C=O) groups is 1. The van der Waals surface area contributed by atoms with Gasteiger partial charge in [0.05, 0.1) is 16.1 Å². The van der Waals surface area contributed by atoms with Crippen molar-refractivity contribution in [1.82, 2.24) is 24.8 Å². The summed E-state index contributed by atoms with van der Waals surface area (Å²) in [5, 5.41) is 1.29. The molecule has 6 nitrogen and oxygen atoms in total. The number of aromatic nitrogens is 4. The molecule has 7 heteroatoms. The third-order valence-corrected chi connectivity index (χ3v) is 4.79. The Balaban J connectivity index is 1.63. The molecule has 136 valence electrons. The maximum Gasteiger partial charge on any atom is 0.270 e. The van der Waals surface area contributed by atoms with Gasteiger partial charge < -0.3 is 14.9 Å². The Hall–Kier alpha value is -3.12. The van der Waals surface area contributed by atoms with E-state index in [4.69, 9.17) is 11.6 Å². The summed E-state index contributed by atoms with van der Waals surface area (Å²) in [4.78, 5) is 29.4. The number of halogens is 1. The zero-order chi connectivity index (χ0) is 18.8. The van der Waals surface area contributed by atoms with E-state index in [0.29, 0.717) is 35.1 Å². The molecule has 3 aromatic heterocycles. The number of nitrogens with zero attached hydrogens (tertiary/aromatic N) is 3. The molecular formula is C20H18ClN5O. The number of hydrogen-bond donors (Lipinski definition) is 2. The largest absolute Gasteiger partial charge is 0.357 e. The van der Waals surface area contributed by atoms with Crippen molar-refractivity contribution in [2.75, 3.05) is 6.54 Å². The topological polar surface area (TPSA) is 77.7 Å². The molecule has 0 bridgehead atoms. The van der Waals surface area contributed by atoms with Gasteiger partial charge in [0.25, 0.3) is 5.91 Å². The molecular weight excluding hydrogens is 362 g/mol. The van der Waals surface area contributed by atoms with Crippen LogP contribution in [0.5, 0.6) is 0 Å². The lowest BCUT2D eigenvalue weighted by atomic mass is 10.1. The Bertz CT molecular complexity index is 1090. The van der Waals surface area contributed by atoms with E-state index in [9.17, 15) is 4.79 Å². The number of carbonyl (C=O) groups excluding carboxylic acids is 1. The van der Waals surface area contributed by atoms with Crippen LogP contribution in [-0.4, -0.2) is 37.3 Å². The SMILES string of the molecule is CCN(Cc1ccccc1)C(=O)c1cc(-c2ncnc3[nH]cc(Cl)c23)c[nH]1. The van der Waals surface area contributed by atoms with E-state index in [0.717, 1.165) is 16.5 Å². The normalized spacial score (nSPS) is 11.0. The number of amides is 1. The maximum atomic E-state index is 12.9. The predicted octanol–water partition coefficient (Wildman–Crippen LogP) is 4.27. The number of fused-ring (bicyclic) bond motifs is 1. The van der Waals surface area contributed by atoms with Crippen LogP contribution in [0.1, 0.15) is 23.0 Å². The van der Waals surface area contributed by atoms with Crippen LogP contribution in [0.15, 0.2) is 55.1 Å². The summed E-state index contributed by atoms with van der Waals surface area (Å²) in [5.74, 6) is -0.0573. The van der Waals surface area contributed by atoms with Crippen molar-refractivity contribution in [3.63, 3.8) is 0 Å². The van der Waals surface area contributed by atoms with Crippen LogP contribution in [0.2, 0.25) is 5.02 Å². The minimum absolute atomic E-state index is 0.0573. The molecule has 1 aromatic carbocycles. The lowest BCUT2D eigenvalue weighted by Gasteiger charge is -2.20. The second kappa shape index (κ2) is 7.25. The zero-order valence-corrected chi connectivity index (χ0v) is 15.5. The molecule has 2 N–H and O–H groups in total. The fourth-order valence-electron chi connectivity index (χ4n) is 3.10. The molecule has 0 aliphatic rings. The van der Waals surface area contributed by atoms with Crippen LogP contribution < -0.4 is 0 Å². The van der Waals surface area contributed by atoms with Gasteiger partial charge in [0, 0.05) is 31.0 Å². The van der Waals surface area contributed by atoms with Gasteiger partial charge in [-0.15, -0.1) is 0 Å². The van der Waals surface area contributed by atoms with Crippen LogP contribution in [0.25, 0.3) is 22.3 Å². The van der Waals surface area contributed by atoms with E-state index in [2.05, 4.69) is 19.9 Å². The van der Waals surface area contributed by atoms with Crippen molar-refractivity contribution in [3.8, 4) is 11.3 Å². The van der Waals surface area contributed by atoms with Gasteiger partial charge in [-0.25, -0.2) is 9.97 Å². The highest BCUT2D eigenvalue weighted by atomic mass is 35.5. The highest BCUT2D eigenvalue weighted by Gasteiger charge is 2.19. The number of benzene rings is 1. The summed E-state index contributed by atoms with van der Waals surface area (Å²) in [7, 11) is 0. The quantitative estimate of drug-likeness (QED) is 0.543. The highest BCUT2D eigenvalue weighted by Crippen LogP contribution is 2.31. The molecule has 0 fully saturated rings. The third kappa shape index (κ3) is 3.31. The number of nitrogens with one attached hydrogen (secondary N) is 2. The van der Waals surface area contributed by atoms with Gasteiger partial charge in [-0.3, -0.25) is 4.79 Å². The van der Waals surface area contributed by atoms with Gasteiger partial charge in [-0.2, -0.15) is 0 Å². The fourth-order valence-corrected chi connectivity index (χ4v) is 3.33. The first-order valence-corrected chi connectivity index (χ1v) is 9.04. The van der Waals surface area contributed by atoms with E-state index in [1.54, 1.807) is 23.4 Å². The van der Waals surface area contributed by atoms with E-state index in [1.807, 2.05) is 37.3 Å². The molecule has 27 heavy (non-hydrogen) atoms. The van der Waals surface area contributed by atoms with Crippen LogP contribution in [0, 0.1) is 0 Å². The van der Waals surface area contributed by atoms with E-state index < -0.39 is 0 Å². The van der Waals surface area contributed by atoms with Crippen molar-refractivity contribution < 1.29 is 4.79 Å². The van der Waals surface area contributed by atoms with Gasteiger partial charge in [0.15, 0.2) is 0 Å². The minimum Gasteiger partial charge on any atom is -0.357 e. The lowest BCUT2D eigenvalue weighted by Crippen LogP contribution is -2.30. The Labute approximate surface area is 161 Å². The zero-order valence-electron chi connectivity index (χ0n) is 14.7. The first kappa shape index (κ1) is 17.3. The Morgan fingerprint density at radius 1 is 1.15 bits per heavy atom. The van der Waals surface area contributed by atoms with Crippen molar-refractivity contribution in [3.05, 3.63) is 71.4 Å². The summed E-state index contributed by atoms with van der Waals surface area (Å²) >= 11 is 6.26. The van der Waals surface area contributed by atoms with Gasteiger partial charge in [0.1, 0.15) is 17.7 Å².